The summed E-state index contributed by atoms with van der Waals surface area (Å²) in [5.74, 6) is -1.17. The van der Waals surface area contributed by atoms with Crippen molar-refractivity contribution in [2.24, 2.45) is 0 Å². The van der Waals surface area contributed by atoms with Crippen LogP contribution >= 0.6 is 15.9 Å². The van der Waals surface area contributed by atoms with Gasteiger partial charge in [0.05, 0.1) is 11.3 Å². The number of benzene rings is 2. The Morgan fingerprint density at radius 3 is 2.50 bits per heavy atom. The predicted octanol–water partition coefficient (Wildman–Crippen LogP) is 4.25. The van der Waals surface area contributed by atoms with Gasteiger partial charge in [-0.15, -0.1) is 0 Å². The Morgan fingerprint density at radius 2 is 1.85 bits per heavy atom. The quantitative estimate of drug-likeness (QED) is 0.905. The van der Waals surface area contributed by atoms with Crippen molar-refractivity contribution in [3.05, 3.63) is 63.6 Å². The summed E-state index contributed by atoms with van der Waals surface area (Å²) >= 11 is 3.30. The maximum absolute atomic E-state index is 13.0. The highest BCUT2D eigenvalue weighted by Gasteiger charge is 2.06. The molecule has 0 atom stereocenters. The predicted molar refractivity (Wildman–Crippen MR) is 77.4 cm³/mol. The van der Waals surface area contributed by atoms with Gasteiger partial charge in [0, 0.05) is 17.1 Å². The number of hydrogen-bond donors (Lipinski definition) is 1. The summed E-state index contributed by atoms with van der Waals surface area (Å²) < 4.78 is 26.8. The van der Waals surface area contributed by atoms with Gasteiger partial charge < -0.3 is 5.32 Å². The zero-order valence-corrected chi connectivity index (χ0v) is 12.0. The zero-order valence-electron chi connectivity index (χ0n) is 10.5. The summed E-state index contributed by atoms with van der Waals surface area (Å²) in [7, 11) is 0. The number of anilines is 1. The molecule has 0 heterocycles. The molecule has 0 spiro atoms. The van der Waals surface area contributed by atoms with E-state index >= 15 is 0 Å². The molecule has 0 aliphatic carbocycles. The average molecular weight is 337 g/mol. The van der Waals surface area contributed by atoms with E-state index in [1.165, 1.54) is 12.1 Å². The summed E-state index contributed by atoms with van der Waals surface area (Å²) in [4.78, 5) is 0. The topological polar surface area (TPSA) is 35.8 Å². The zero-order chi connectivity index (χ0) is 14.5. The van der Waals surface area contributed by atoms with Crippen LogP contribution in [-0.4, -0.2) is 6.54 Å². The van der Waals surface area contributed by atoms with Crippen molar-refractivity contribution < 1.29 is 8.78 Å². The van der Waals surface area contributed by atoms with Gasteiger partial charge in [-0.05, 0) is 52.2 Å². The van der Waals surface area contributed by atoms with E-state index in [1.807, 2.05) is 6.07 Å². The van der Waals surface area contributed by atoms with Crippen LogP contribution in [0.15, 0.2) is 40.9 Å². The van der Waals surface area contributed by atoms with Crippen molar-refractivity contribution >= 4 is 21.6 Å². The summed E-state index contributed by atoms with van der Waals surface area (Å²) in [5.41, 5.74) is 1.78. The number of nitrogens with zero attached hydrogens (tertiary/aromatic N) is 1. The van der Waals surface area contributed by atoms with E-state index in [1.54, 1.807) is 12.1 Å². The molecule has 0 aliphatic rings. The van der Waals surface area contributed by atoms with Gasteiger partial charge in [0.15, 0.2) is 0 Å². The molecule has 0 bridgehead atoms. The molecule has 2 aromatic carbocycles. The molecular formula is C15H11BrF2N2. The molecule has 1 N–H and O–H groups in total. The maximum Gasteiger partial charge on any atom is 0.126 e. The molecule has 0 saturated carbocycles. The van der Waals surface area contributed by atoms with Gasteiger partial charge >= 0.3 is 0 Å². The molecule has 2 nitrogen and oxygen atoms in total. The fourth-order valence-corrected chi connectivity index (χ4v) is 2.34. The first-order chi connectivity index (χ1) is 9.60. The van der Waals surface area contributed by atoms with Crippen LogP contribution in [0.2, 0.25) is 0 Å². The molecule has 0 aromatic heterocycles. The van der Waals surface area contributed by atoms with Crippen molar-refractivity contribution in [2.45, 2.75) is 6.42 Å². The lowest BCUT2D eigenvalue weighted by molar-refractivity contribution is 0.580. The standard InChI is InChI=1S/C15H11BrF2N2/c16-14-2-1-3-15(13(14)9-19)20-5-4-10-6-11(17)8-12(18)7-10/h1-3,6-8,20H,4-5H2. The smallest absolute Gasteiger partial charge is 0.126 e. The molecule has 5 heteroatoms. The highest BCUT2D eigenvalue weighted by molar-refractivity contribution is 9.10. The Bertz CT molecular complexity index is 645. The lowest BCUT2D eigenvalue weighted by Crippen LogP contribution is -2.07. The molecule has 0 aliphatic heterocycles. The second kappa shape index (κ2) is 6.49. The molecule has 0 saturated heterocycles. The van der Waals surface area contributed by atoms with E-state index in [0.29, 0.717) is 34.3 Å². The minimum absolute atomic E-state index is 0.464. The first-order valence-corrected chi connectivity index (χ1v) is 6.77. The number of nitrogens with one attached hydrogen (secondary N) is 1. The van der Waals surface area contributed by atoms with Gasteiger partial charge in [0.25, 0.3) is 0 Å². The third-order valence-electron chi connectivity index (χ3n) is 2.78. The minimum atomic E-state index is -0.583. The van der Waals surface area contributed by atoms with Crippen molar-refractivity contribution in [1.82, 2.24) is 0 Å². The fraction of sp³-hybridized carbons (Fsp3) is 0.133. The van der Waals surface area contributed by atoms with Gasteiger partial charge in [0.2, 0.25) is 0 Å². The molecule has 2 aromatic rings. The van der Waals surface area contributed by atoms with Crippen LogP contribution < -0.4 is 5.32 Å². The van der Waals surface area contributed by atoms with Gasteiger partial charge in [0.1, 0.15) is 17.7 Å². The SMILES string of the molecule is N#Cc1c(Br)cccc1NCCc1cc(F)cc(F)c1. The van der Waals surface area contributed by atoms with Crippen LogP contribution in [0, 0.1) is 23.0 Å². The van der Waals surface area contributed by atoms with Crippen molar-refractivity contribution in [1.29, 1.82) is 5.26 Å². The molecule has 2 rings (SSSR count). The molecular weight excluding hydrogens is 326 g/mol. The van der Waals surface area contributed by atoms with Crippen molar-refractivity contribution in [3.63, 3.8) is 0 Å². The molecule has 20 heavy (non-hydrogen) atoms. The van der Waals surface area contributed by atoms with Crippen LogP contribution in [0.4, 0.5) is 14.5 Å². The van der Waals surface area contributed by atoms with E-state index in [4.69, 9.17) is 5.26 Å². The Labute approximate surface area is 124 Å². The van der Waals surface area contributed by atoms with E-state index in [9.17, 15) is 8.78 Å². The summed E-state index contributed by atoms with van der Waals surface area (Å²) in [6, 6.07) is 10.9. The monoisotopic (exact) mass is 336 g/mol. The fourth-order valence-electron chi connectivity index (χ4n) is 1.88. The van der Waals surface area contributed by atoms with E-state index in [2.05, 4.69) is 27.3 Å². The summed E-state index contributed by atoms with van der Waals surface area (Å²) in [6.45, 7) is 0.480. The number of nitriles is 1. The number of rotatable bonds is 4. The van der Waals surface area contributed by atoms with E-state index < -0.39 is 11.6 Å². The third-order valence-corrected chi connectivity index (χ3v) is 3.44. The molecule has 102 valence electrons. The van der Waals surface area contributed by atoms with Crippen LogP contribution in [0.5, 0.6) is 0 Å². The van der Waals surface area contributed by atoms with Crippen molar-refractivity contribution in [3.8, 4) is 6.07 Å². The summed E-state index contributed by atoms with van der Waals surface area (Å²) in [6.07, 6.45) is 0.464. The van der Waals surface area contributed by atoms with Crippen LogP contribution in [-0.2, 0) is 6.42 Å². The summed E-state index contributed by atoms with van der Waals surface area (Å²) in [5, 5.41) is 12.2. The van der Waals surface area contributed by atoms with Crippen LogP contribution in [0.3, 0.4) is 0 Å². The first kappa shape index (κ1) is 14.5. The van der Waals surface area contributed by atoms with E-state index in [-0.39, 0.29) is 0 Å². The van der Waals surface area contributed by atoms with Gasteiger partial charge in [-0.2, -0.15) is 5.26 Å². The Kier molecular flexibility index (Phi) is 4.70. The van der Waals surface area contributed by atoms with Gasteiger partial charge in [-0.3, -0.25) is 0 Å². The molecule has 0 radical (unpaired) electrons. The highest BCUT2D eigenvalue weighted by Crippen LogP contribution is 2.23. The largest absolute Gasteiger partial charge is 0.384 e. The molecule has 0 fully saturated rings. The second-order valence-corrected chi connectivity index (χ2v) is 5.08. The lowest BCUT2D eigenvalue weighted by Gasteiger charge is -2.09. The highest BCUT2D eigenvalue weighted by atomic mass is 79.9. The number of hydrogen-bond acceptors (Lipinski definition) is 2. The van der Waals surface area contributed by atoms with Crippen LogP contribution in [0.1, 0.15) is 11.1 Å². The number of halogens is 3. The molecule has 0 amide bonds. The average Bonchev–Trinajstić information content (AvgIpc) is 2.38. The Balaban J connectivity index is 2.03. The van der Waals surface area contributed by atoms with E-state index in [0.717, 1.165) is 6.07 Å². The van der Waals surface area contributed by atoms with Crippen molar-refractivity contribution in [2.75, 3.05) is 11.9 Å². The Morgan fingerprint density at radius 1 is 1.15 bits per heavy atom. The normalized spacial score (nSPS) is 10.1. The first-order valence-electron chi connectivity index (χ1n) is 5.97. The second-order valence-electron chi connectivity index (χ2n) is 4.23. The molecule has 0 unspecified atom stereocenters. The lowest BCUT2D eigenvalue weighted by atomic mass is 10.1. The van der Waals surface area contributed by atoms with Gasteiger partial charge in [-0.1, -0.05) is 6.07 Å². The third kappa shape index (κ3) is 3.55. The van der Waals surface area contributed by atoms with Crippen LogP contribution in [0.25, 0.3) is 0 Å². The Hall–Kier alpha value is -1.93. The maximum atomic E-state index is 13.0. The van der Waals surface area contributed by atoms with Gasteiger partial charge in [-0.25, -0.2) is 8.78 Å². The minimum Gasteiger partial charge on any atom is -0.384 e.